The minimum absolute atomic E-state index is 0.0329. The normalized spacial score (nSPS) is 25.4. The highest BCUT2D eigenvalue weighted by Crippen LogP contribution is 2.54. The number of phenols is 1. The fraction of sp³-hybridized carbons (Fsp3) is 0.517. The van der Waals surface area contributed by atoms with E-state index < -0.39 is 137 Å². The standard InChI is InChI=1S/C58H78N4O20P2/c1-32-15-13-16-34(3)56(72)60-48-41(29-59-62-22-20-61(21-23-62)24-26-78-45(66)28-57(9,10)43-27-40(18-19-44(43)80-38(7)64)83(73,74)31-84(75,76)77)52(70)46-42(30-63)55(37(6)51(69)47(46)53(48)71)82-58(11,12)79-25-14-17-33(2)54(81-39(8)65)36(5)50(68)35(4)49(32)67/h13-16,18-19,25,27,29-30,32-33,35-36,49-50,54,67-69H,17,20-24,26,28,31H2,1-12H3,(H,60,72)(H,73,74)(H2,75,76,77)/b15-13+,25-14+,34-16-,59-29+/t32-,33+,35+,36+,49-,50+,54+/m0/s1. The molecule has 1 aliphatic carbocycles. The Kier molecular flexibility index (Phi) is 22.8. The average molecular weight is 1210 g/mol. The number of Topliss-reactive ketones (excluding diaryl/α,β-unsaturated/α-hetero) is 2. The number of phenolic OH excluding ortho intramolecular Hbond substituents is 1. The van der Waals surface area contributed by atoms with Crippen LogP contribution in [-0.2, 0) is 47.9 Å². The maximum atomic E-state index is 14.9. The predicted molar refractivity (Wildman–Crippen MR) is 308 cm³/mol. The first-order valence-electron chi connectivity index (χ1n) is 27.3. The van der Waals surface area contributed by atoms with Crippen molar-refractivity contribution in [1.82, 2.24) is 15.2 Å². The summed E-state index contributed by atoms with van der Waals surface area (Å²) < 4.78 is 53.4. The number of carbonyl (C=O) groups excluding carboxylic acids is 7. The Hall–Kier alpha value is -6.62. The molecule has 2 aromatic carbocycles. The number of piperazine rings is 1. The lowest BCUT2D eigenvalue weighted by Crippen LogP contribution is -2.45. The van der Waals surface area contributed by atoms with E-state index in [1.807, 2.05) is 11.8 Å². The van der Waals surface area contributed by atoms with Crippen molar-refractivity contribution in [3.05, 3.63) is 93.4 Å². The largest absolute Gasteiger partial charge is 0.507 e. The maximum Gasteiger partial charge on any atom is 0.335 e. The number of hydrogen-bond acceptors (Lipinski definition) is 20. The van der Waals surface area contributed by atoms with E-state index in [4.69, 9.17) is 23.7 Å². The molecule has 7 rings (SSSR count). The number of benzene rings is 2. The summed E-state index contributed by atoms with van der Waals surface area (Å²) in [5.74, 6) is -11.0. The number of nitrogens with zero attached hydrogens (tertiary/aromatic N) is 3. The summed E-state index contributed by atoms with van der Waals surface area (Å²) in [6, 6.07) is 3.51. The molecule has 0 spiro atoms. The molecule has 84 heavy (non-hydrogen) atoms. The van der Waals surface area contributed by atoms with Crippen molar-refractivity contribution in [3.63, 3.8) is 0 Å². The van der Waals surface area contributed by atoms with Crippen molar-refractivity contribution in [1.29, 1.82) is 0 Å². The number of nitrogens with one attached hydrogen (secondary N) is 1. The Morgan fingerprint density at radius 1 is 0.929 bits per heavy atom. The van der Waals surface area contributed by atoms with E-state index in [9.17, 15) is 72.7 Å². The van der Waals surface area contributed by atoms with Gasteiger partial charge in [0.05, 0.1) is 53.4 Å². The lowest BCUT2D eigenvalue weighted by molar-refractivity contribution is -0.157. The van der Waals surface area contributed by atoms with Crippen LogP contribution < -0.4 is 20.1 Å². The molecule has 1 unspecified atom stereocenters. The van der Waals surface area contributed by atoms with Crippen molar-refractivity contribution in [2.24, 2.45) is 28.8 Å². The van der Waals surface area contributed by atoms with Crippen molar-refractivity contribution in [3.8, 4) is 17.2 Å². The van der Waals surface area contributed by atoms with Crippen LogP contribution in [0.25, 0.3) is 0 Å². The molecule has 1 fully saturated rings. The molecule has 24 nitrogen and oxygen atoms in total. The average Bonchev–Trinajstić information content (AvgIpc) is 1.69. The number of ketones is 2. The van der Waals surface area contributed by atoms with E-state index in [0.717, 1.165) is 19.2 Å². The molecule has 0 saturated carbocycles. The number of allylic oxidation sites excluding steroid dienone is 5. The molecule has 460 valence electrons. The number of carbonyl (C=O) groups is 7. The maximum absolute atomic E-state index is 14.9. The Balaban J connectivity index is 1.40. The van der Waals surface area contributed by atoms with Crippen molar-refractivity contribution >= 4 is 68.2 Å². The van der Waals surface area contributed by atoms with Gasteiger partial charge >= 0.3 is 25.5 Å². The summed E-state index contributed by atoms with van der Waals surface area (Å²) in [7, 11) is -9.52. The zero-order valence-corrected chi connectivity index (χ0v) is 51.1. The molecule has 4 heterocycles. The molecule has 26 heteroatoms. The second kappa shape index (κ2) is 28.1. The highest BCUT2D eigenvalue weighted by molar-refractivity contribution is 7.77. The van der Waals surface area contributed by atoms with Crippen LogP contribution in [0.3, 0.4) is 0 Å². The molecule has 1 amide bonds. The number of aldehydes is 1. The van der Waals surface area contributed by atoms with E-state index in [2.05, 4.69) is 10.4 Å². The first-order chi connectivity index (χ1) is 39.0. The minimum Gasteiger partial charge on any atom is -0.507 e. The van der Waals surface area contributed by atoms with Gasteiger partial charge in [0.2, 0.25) is 18.9 Å². The van der Waals surface area contributed by atoms with Crippen LogP contribution in [0.5, 0.6) is 17.2 Å². The van der Waals surface area contributed by atoms with Crippen LogP contribution in [0.2, 0.25) is 0 Å². The van der Waals surface area contributed by atoms with Gasteiger partial charge in [-0.15, -0.1) is 0 Å². The van der Waals surface area contributed by atoms with Crippen molar-refractivity contribution in [2.75, 3.05) is 45.2 Å². The fourth-order valence-corrected chi connectivity index (χ4v) is 13.4. The Morgan fingerprint density at radius 2 is 1.58 bits per heavy atom. The second-order valence-electron chi connectivity index (χ2n) is 22.7. The fourth-order valence-electron chi connectivity index (χ4n) is 10.1. The van der Waals surface area contributed by atoms with Crippen molar-refractivity contribution in [2.45, 2.75) is 125 Å². The third-order valence-corrected chi connectivity index (χ3v) is 19.0. The number of fused-ring (bicyclic) bond motifs is 2. The van der Waals surface area contributed by atoms with Crippen molar-refractivity contribution < 1.29 is 96.4 Å². The van der Waals surface area contributed by atoms with Gasteiger partial charge in [0.15, 0.2) is 12.1 Å². The number of aliphatic hydroxyl groups excluding tert-OH is 2. The zero-order valence-electron chi connectivity index (χ0n) is 49.3. The van der Waals surface area contributed by atoms with Crippen LogP contribution in [-0.4, -0.2) is 157 Å². The molecule has 1 saturated heterocycles. The van der Waals surface area contributed by atoms with Crippen LogP contribution in [0.15, 0.2) is 70.7 Å². The van der Waals surface area contributed by atoms with E-state index in [1.165, 1.54) is 65.2 Å². The molecule has 0 aromatic heterocycles. The molecule has 0 radical (unpaired) electrons. The van der Waals surface area contributed by atoms with E-state index in [-0.39, 0.29) is 78.5 Å². The summed E-state index contributed by atoms with van der Waals surface area (Å²) in [6.07, 6.45) is 5.86. The molecule has 7 N–H and O–H groups in total. The highest BCUT2D eigenvalue weighted by atomic mass is 31.2. The SMILES string of the molecule is CC(=O)Oc1ccc(P(=O)(O)CP(=O)(O)O)cc1C(C)(C)CC(=O)OCCN1CCN(/N=C/C2=C3NC(=O)/C(C)=C\C=C\[C@H](C)[C@H](O)[C@@H](C)[C@@H](O)[C@@H](C)[C@H](OC(C)=O)[C@H](C)C/C=C/OC(C)(C)Oc4c(C)c(O)c(c(c4C=O)C2=O)C3=O)CC1. The third kappa shape index (κ3) is 17.3. The van der Waals surface area contributed by atoms with Gasteiger partial charge in [-0.25, -0.2) is 0 Å². The summed E-state index contributed by atoms with van der Waals surface area (Å²) in [6.45, 7) is 19.8. The van der Waals surface area contributed by atoms with Gasteiger partial charge in [-0.05, 0) is 50.5 Å². The topological polar surface area (TPSA) is 352 Å². The molecule has 4 bridgehead atoms. The quantitative estimate of drug-likeness (QED) is 0.0404. The predicted octanol–water partition coefficient (Wildman–Crippen LogP) is 5.48. The Morgan fingerprint density at radius 3 is 2.19 bits per heavy atom. The summed E-state index contributed by atoms with van der Waals surface area (Å²) in [5.41, 5.74) is -3.56. The van der Waals surface area contributed by atoms with Crippen LogP contribution in [0.4, 0.5) is 0 Å². The van der Waals surface area contributed by atoms with Gasteiger partial charge in [-0.3, -0.25) is 52.6 Å². The first-order valence-corrected chi connectivity index (χ1v) is 30.9. The van der Waals surface area contributed by atoms with Gasteiger partial charge in [-0.2, -0.15) is 5.10 Å². The molecule has 2 aromatic rings. The number of esters is 3. The van der Waals surface area contributed by atoms with Crippen LogP contribution in [0.1, 0.15) is 131 Å². The van der Waals surface area contributed by atoms with Gasteiger partial charge in [-0.1, -0.05) is 59.8 Å². The first kappa shape index (κ1) is 68.2. The number of aliphatic hydroxyl groups is 2. The number of amides is 1. The van der Waals surface area contributed by atoms with Gasteiger partial charge in [0.25, 0.3) is 5.91 Å². The summed E-state index contributed by atoms with van der Waals surface area (Å²) in [4.78, 5) is 126. The van der Waals surface area contributed by atoms with Crippen LogP contribution >= 0.6 is 15.0 Å². The lowest BCUT2D eigenvalue weighted by atomic mass is 9.79. The van der Waals surface area contributed by atoms with Gasteiger partial charge in [0.1, 0.15) is 41.6 Å². The number of rotatable bonds is 14. The molecule has 5 aliphatic rings. The number of hydrogen-bond donors (Lipinski definition) is 7. The number of ether oxygens (including phenoxy) is 5. The van der Waals surface area contributed by atoms with E-state index in [1.54, 1.807) is 51.8 Å². The van der Waals surface area contributed by atoms with Crippen LogP contribution in [0, 0.1) is 30.6 Å². The van der Waals surface area contributed by atoms with E-state index >= 15 is 0 Å². The summed E-state index contributed by atoms with van der Waals surface area (Å²) >= 11 is 0. The second-order valence-corrected chi connectivity index (χ2v) is 27.0. The highest BCUT2D eigenvalue weighted by Gasteiger charge is 2.42. The minimum atomic E-state index is -4.92. The smallest absolute Gasteiger partial charge is 0.335 e. The summed E-state index contributed by atoms with van der Waals surface area (Å²) in [5, 5.41) is 43.0. The van der Waals surface area contributed by atoms with E-state index in [0.29, 0.717) is 19.4 Å². The Labute approximate surface area is 488 Å². The van der Waals surface area contributed by atoms with Gasteiger partial charge < -0.3 is 59.0 Å². The molecular formula is C58H78N4O20P2. The van der Waals surface area contributed by atoms with Gasteiger partial charge in [0, 0.05) is 106 Å². The number of aromatic hydroxyl groups is 1. The zero-order chi connectivity index (χ0) is 63.0. The molecule has 4 aliphatic heterocycles. The third-order valence-electron chi connectivity index (χ3n) is 14.9. The molecule has 8 atom stereocenters. The Bertz CT molecular complexity index is 3130. The monoisotopic (exact) mass is 1210 g/mol. The number of hydrazone groups is 1. The molecular weight excluding hydrogens is 1130 g/mol. The lowest BCUT2D eigenvalue weighted by Gasteiger charge is -2.36.